The van der Waals surface area contributed by atoms with Crippen molar-refractivity contribution in [1.82, 2.24) is 15.5 Å². The number of nitrogens with one attached hydrogen (secondary N) is 2. The molecular weight excluding hydrogens is 475 g/mol. The molecule has 2 amide bonds. The molecule has 0 saturated carbocycles. The minimum atomic E-state index is -0.362. The molecule has 2 N–H and O–H groups in total. The lowest BCUT2D eigenvalue weighted by Crippen LogP contribution is -2.51. The van der Waals surface area contributed by atoms with Gasteiger partial charge in [0.1, 0.15) is 5.75 Å². The summed E-state index contributed by atoms with van der Waals surface area (Å²) >= 11 is 11.9. The summed E-state index contributed by atoms with van der Waals surface area (Å²) in [4.78, 5) is 29.7. The number of amides is 2. The lowest BCUT2D eigenvalue weighted by molar-refractivity contribution is -0.120. The minimum absolute atomic E-state index is 0.0639. The SMILES string of the molecule is COc1ccc(N2CCCCC2N2CC[C@@H](NC(=O)CNC(=O)c3ccc(Cl)c(Cl)c3)C2)cc1. The molecule has 0 spiro atoms. The minimum Gasteiger partial charge on any atom is -0.497 e. The maximum Gasteiger partial charge on any atom is 0.251 e. The van der Waals surface area contributed by atoms with Gasteiger partial charge in [-0.05, 0) is 68.1 Å². The summed E-state index contributed by atoms with van der Waals surface area (Å²) < 4.78 is 5.30. The molecule has 2 atom stereocenters. The Morgan fingerprint density at radius 3 is 2.56 bits per heavy atom. The Kier molecular flexibility index (Phi) is 8.19. The highest BCUT2D eigenvalue weighted by Crippen LogP contribution is 2.30. The Balaban J connectivity index is 1.28. The first-order valence-corrected chi connectivity index (χ1v) is 12.4. The summed E-state index contributed by atoms with van der Waals surface area (Å²) in [7, 11) is 1.68. The molecule has 2 saturated heterocycles. The third kappa shape index (κ3) is 5.95. The van der Waals surface area contributed by atoms with E-state index in [-0.39, 0.29) is 24.4 Å². The summed E-state index contributed by atoms with van der Waals surface area (Å²) in [6, 6.07) is 12.9. The quantitative estimate of drug-likeness (QED) is 0.597. The number of piperidine rings is 1. The number of halogens is 2. The third-order valence-electron chi connectivity index (χ3n) is 6.47. The van der Waals surface area contributed by atoms with E-state index in [0.29, 0.717) is 21.8 Å². The van der Waals surface area contributed by atoms with Gasteiger partial charge in [0.2, 0.25) is 5.91 Å². The molecule has 0 bridgehead atoms. The van der Waals surface area contributed by atoms with Gasteiger partial charge in [0.25, 0.3) is 5.91 Å². The number of rotatable bonds is 7. The maximum absolute atomic E-state index is 12.5. The molecule has 34 heavy (non-hydrogen) atoms. The molecule has 2 aliphatic rings. The van der Waals surface area contributed by atoms with Crippen LogP contribution in [0.25, 0.3) is 0 Å². The Morgan fingerprint density at radius 2 is 1.82 bits per heavy atom. The van der Waals surface area contributed by atoms with Gasteiger partial charge in [-0.3, -0.25) is 14.5 Å². The normalized spacial score (nSPS) is 20.7. The molecule has 4 rings (SSSR count). The van der Waals surface area contributed by atoms with Crippen molar-refractivity contribution in [3.63, 3.8) is 0 Å². The van der Waals surface area contributed by atoms with Crippen LogP contribution in [-0.2, 0) is 4.79 Å². The lowest BCUT2D eigenvalue weighted by Gasteiger charge is -2.42. The van der Waals surface area contributed by atoms with Crippen LogP contribution in [0.3, 0.4) is 0 Å². The van der Waals surface area contributed by atoms with Crippen molar-refractivity contribution in [2.45, 2.75) is 37.9 Å². The smallest absolute Gasteiger partial charge is 0.251 e. The van der Waals surface area contributed by atoms with E-state index in [9.17, 15) is 9.59 Å². The van der Waals surface area contributed by atoms with Crippen LogP contribution < -0.4 is 20.3 Å². The van der Waals surface area contributed by atoms with Gasteiger partial charge in [0.15, 0.2) is 0 Å². The monoisotopic (exact) mass is 504 g/mol. The number of benzene rings is 2. The van der Waals surface area contributed by atoms with Crippen molar-refractivity contribution in [3.8, 4) is 5.75 Å². The fraction of sp³-hybridized carbons (Fsp3) is 0.440. The van der Waals surface area contributed by atoms with Crippen LogP contribution in [-0.4, -0.2) is 62.2 Å². The van der Waals surface area contributed by atoms with E-state index in [0.717, 1.165) is 38.2 Å². The van der Waals surface area contributed by atoms with E-state index in [1.807, 2.05) is 12.1 Å². The van der Waals surface area contributed by atoms with E-state index in [1.54, 1.807) is 19.2 Å². The average Bonchev–Trinajstić information content (AvgIpc) is 3.32. The highest BCUT2D eigenvalue weighted by molar-refractivity contribution is 6.42. The summed E-state index contributed by atoms with van der Waals surface area (Å²) in [5.74, 6) is 0.294. The molecule has 0 radical (unpaired) electrons. The summed E-state index contributed by atoms with van der Waals surface area (Å²) in [5.41, 5.74) is 1.56. The predicted octanol–water partition coefficient (Wildman–Crippen LogP) is 3.94. The van der Waals surface area contributed by atoms with Gasteiger partial charge in [0.05, 0.1) is 29.9 Å². The van der Waals surface area contributed by atoms with Gasteiger partial charge in [-0.2, -0.15) is 0 Å². The molecule has 2 aromatic rings. The zero-order valence-corrected chi connectivity index (χ0v) is 20.7. The van der Waals surface area contributed by atoms with Crippen molar-refractivity contribution >= 4 is 40.7 Å². The number of nitrogens with zero attached hydrogens (tertiary/aromatic N) is 2. The molecule has 9 heteroatoms. The number of anilines is 1. The Hall–Kier alpha value is -2.48. The largest absolute Gasteiger partial charge is 0.497 e. The van der Waals surface area contributed by atoms with E-state index < -0.39 is 0 Å². The maximum atomic E-state index is 12.5. The van der Waals surface area contributed by atoms with Gasteiger partial charge >= 0.3 is 0 Å². The molecular formula is C25H30Cl2N4O3. The highest BCUT2D eigenvalue weighted by Gasteiger charge is 2.34. The van der Waals surface area contributed by atoms with Gasteiger partial charge in [-0.25, -0.2) is 0 Å². The fourth-order valence-corrected chi connectivity index (χ4v) is 5.02. The summed E-state index contributed by atoms with van der Waals surface area (Å²) in [5, 5.41) is 6.40. The molecule has 2 aliphatic heterocycles. The van der Waals surface area contributed by atoms with Crippen LogP contribution in [0.2, 0.25) is 10.0 Å². The lowest BCUT2D eigenvalue weighted by atomic mass is 10.1. The number of likely N-dealkylation sites (tertiary alicyclic amines) is 1. The number of carbonyl (C=O) groups is 2. The molecule has 0 aromatic heterocycles. The number of ether oxygens (including phenoxy) is 1. The Bertz CT molecular complexity index is 1020. The number of hydrogen-bond donors (Lipinski definition) is 2. The number of carbonyl (C=O) groups excluding carboxylic acids is 2. The number of hydrogen-bond acceptors (Lipinski definition) is 5. The van der Waals surface area contributed by atoms with Crippen molar-refractivity contribution in [1.29, 1.82) is 0 Å². The van der Waals surface area contributed by atoms with Crippen LogP contribution in [0.1, 0.15) is 36.0 Å². The second kappa shape index (κ2) is 11.3. The van der Waals surface area contributed by atoms with E-state index in [1.165, 1.54) is 24.6 Å². The molecule has 2 aromatic carbocycles. The Labute approximate surface area is 210 Å². The average molecular weight is 505 g/mol. The Morgan fingerprint density at radius 1 is 1.03 bits per heavy atom. The van der Waals surface area contributed by atoms with Crippen molar-refractivity contribution in [2.24, 2.45) is 0 Å². The molecule has 1 unspecified atom stereocenters. The van der Waals surface area contributed by atoms with Crippen LogP contribution in [0.4, 0.5) is 5.69 Å². The van der Waals surface area contributed by atoms with E-state index in [2.05, 4.69) is 32.6 Å². The van der Waals surface area contributed by atoms with Gasteiger partial charge in [-0.1, -0.05) is 23.2 Å². The van der Waals surface area contributed by atoms with E-state index in [4.69, 9.17) is 27.9 Å². The van der Waals surface area contributed by atoms with E-state index >= 15 is 0 Å². The van der Waals surface area contributed by atoms with Gasteiger partial charge < -0.3 is 20.3 Å². The van der Waals surface area contributed by atoms with Crippen molar-refractivity contribution in [3.05, 3.63) is 58.1 Å². The molecule has 182 valence electrons. The first kappa shape index (κ1) is 24.6. The molecule has 0 aliphatic carbocycles. The predicted molar refractivity (Wildman–Crippen MR) is 135 cm³/mol. The fourth-order valence-electron chi connectivity index (χ4n) is 4.72. The summed E-state index contributed by atoms with van der Waals surface area (Å²) in [6.07, 6.45) is 4.69. The molecule has 7 nitrogen and oxygen atoms in total. The second-order valence-electron chi connectivity index (χ2n) is 8.73. The standard InChI is InChI=1S/C25H30Cl2N4O3/c1-34-20-8-6-19(7-9-20)31-12-3-2-4-24(31)30-13-11-18(16-30)29-23(32)15-28-25(33)17-5-10-21(26)22(27)14-17/h5-10,14,18,24H,2-4,11-13,15-16H2,1H3,(H,28,33)(H,29,32)/t18-,24?/m1/s1. The van der Waals surface area contributed by atoms with Gasteiger partial charge in [0, 0.05) is 36.9 Å². The highest BCUT2D eigenvalue weighted by atomic mass is 35.5. The van der Waals surface area contributed by atoms with Crippen LogP contribution in [0, 0.1) is 0 Å². The topological polar surface area (TPSA) is 73.9 Å². The van der Waals surface area contributed by atoms with Crippen LogP contribution in [0.15, 0.2) is 42.5 Å². The van der Waals surface area contributed by atoms with Crippen LogP contribution in [0.5, 0.6) is 5.75 Å². The van der Waals surface area contributed by atoms with Crippen molar-refractivity contribution < 1.29 is 14.3 Å². The van der Waals surface area contributed by atoms with Crippen molar-refractivity contribution in [2.75, 3.05) is 38.2 Å². The molecule has 2 heterocycles. The molecule has 2 fully saturated rings. The van der Waals surface area contributed by atoms with Crippen LogP contribution >= 0.6 is 23.2 Å². The first-order valence-electron chi connectivity index (χ1n) is 11.6. The summed E-state index contributed by atoms with van der Waals surface area (Å²) in [6.45, 7) is 2.66. The zero-order valence-electron chi connectivity index (χ0n) is 19.2. The number of methoxy groups -OCH3 is 1. The van der Waals surface area contributed by atoms with Gasteiger partial charge in [-0.15, -0.1) is 0 Å². The first-order chi connectivity index (χ1) is 16.4. The second-order valence-corrected chi connectivity index (χ2v) is 9.54. The zero-order chi connectivity index (χ0) is 24.1. The third-order valence-corrected chi connectivity index (χ3v) is 7.21.